The van der Waals surface area contributed by atoms with Crippen LogP contribution in [0.1, 0.15) is 53.7 Å². The molecule has 0 heterocycles. The normalized spacial score (nSPS) is 13.3. The number of esters is 1. The van der Waals surface area contributed by atoms with Crippen LogP contribution in [0.3, 0.4) is 0 Å². The minimum atomic E-state index is -1.53. The van der Waals surface area contributed by atoms with E-state index in [1.54, 1.807) is 26.0 Å². The SMILES string of the molecule is CCCCOC(=O)C(=O)C(C)(N)c1c(C)cc(C(N)=O)cc1C. The first-order valence-corrected chi connectivity index (χ1v) is 7.54. The van der Waals surface area contributed by atoms with E-state index >= 15 is 0 Å². The summed E-state index contributed by atoms with van der Waals surface area (Å²) in [6.07, 6.45) is 1.54. The van der Waals surface area contributed by atoms with Gasteiger partial charge in [-0.25, -0.2) is 4.79 Å². The molecule has 0 saturated carbocycles. The van der Waals surface area contributed by atoms with Crippen molar-refractivity contribution < 1.29 is 19.1 Å². The van der Waals surface area contributed by atoms with E-state index in [-0.39, 0.29) is 6.61 Å². The zero-order chi connectivity index (χ0) is 17.8. The fraction of sp³-hybridized carbons (Fsp3) is 0.471. The Morgan fingerprint density at radius 3 is 2.13 bits per heavy atom. The van der Waals surface area contributed by atoms with E-state index in [2.05, 4.69) is 0 Å². The average molecular weight is 320 g/mol. The standard InChI is InChI=1S/C17H24N2O4/c1-5-6-7-23-16(22)14(20)17(4,19)13-10(2)8-12(15(18)21)9-11(13)3/h8-9H,5-7,19H2,1-4H3,(H2,18,21). The zero-order valence-electron chi connectivity index (χ0n) is 14.1. The fourth-order valence-corrected chi connectivity index (χ4v) is 2.63. The Hall–Kier alpha value is -2.21. The molecule has 0 spiro atoms. The van der Waals surface area contributed by atoms with Crippen molar-refractivity contribution in [2.75, 3.05) is 6.61 Å². The van der Waals surface area contributed by atoms with Crippen LogP contribution in [0, 0.1) is 13.8 Å². The van der Waals surface area contributed by atoms with Crippen LogP contribution in [0.25, 0.3) is 0 Å². The first-order valence-electron chi connectivity index (χ1n) is 7.54. The van der Waals surface area contributed by atoms with Crippen LogP contribution >= 0.6 is 0 Å². The minimum absolute atomic E-state index is 0.190. The first kappa shape index (κ1) is 18.8. The van der Waals surface area contributed by atoms with Crippen molar-refractivity contribution in [2.45, 2.75) is 46.1 Å². The molecule has 0 fully saturated rings. The van der Waals surface area contributed by atoms with E-state index in [1.165, 1.54) is 6.92 Å². The van der Waals surface area contributed by atoms with E-state index in [4.69, 9.17) is 16.2 Å². The molecule has 0 saturated heterocycles. The molecule has 1 rings (SSSR count). The molecule has 1 amide bonds. The second-order valence-electron chi connectivity index (χ2n) is 5.87. The van der Waals surface area contributed by atoms with Crippen molar-refractivity contribution in [3.05, 3.63) is 34.4 Å². The molecule has 1 atom stereocenters. The summed E-state index contributed by atoms with van der Waals surface area (Å²) in [6.45, 7) is 7.05. The highest BCUT2D eigenvalue weighted by Gasteiger charge is 2.39. The molecule has 1 aromatic carbocycles. The molecule has 0 aliphatic rings. The second kappa shape index (κ2) is 7.37. The van der Waals surface area contributed by atoms with Crippen molar-refractivity contribution in [3.8, 4) is 0 Å². The Morgan fingerprint density at radius 2 is 1.70 bits per heavy atom. The highest BCUT2D eigenvalue weighted by molar-refractivity contribution is 6.37. The molecule has 0 aromatic heterocycles. The highest BCUT2D eigenvalue weighted by Crippen LogP contribution is 2.28. The maximum atomic E-state index is 12.4. The molecule has 0 radical (unpaired) electrons. The van der Waals surface area contributed by atoms with Crippen LogP contribution in [0.4, 0.5) is 0 Å². The number of Topliss-reactive ketones (excluding diaryl/α,β-unsaturated/α-hetero) is 1. The van der Waals surface area contributed by atoms with E-state index < -0.39 is 23.2 Å². The first-order chi connectivity index (χ1) is 10.6. The average Bonchev–Trinajstić information content (AvgIpc) is 2.45. The summed E-state index contributed by atoms with van der Waals surface area (Å²) in [7, 11) is 0. The predicted octanol–water partition coefficient (Wildman–Crippen LogP) is 1.49. The fourth-order valence-electron chi connectivity index (χ4n) is 2.63. The van der Waals surface area contributed by atoms with Crippen LogP contribution in [0.15, 0.2) is 12.1 Å². The monoisotopic (exact) mass is 320 g/mol. The maximum Gasteiger partial charge on any atom is 0.376 e. The van der Waals surface area contributed by atoms with Crippen LogP contribution < -0.4 is 11.5 Å². The summed E-state index contributed by atoms with van der Waals surface area (Å²) < 4.78 is 4.95. The van der Waals surface area contributed by atoms with Crippen molar-refractivity contribution in [2.24, 2.45) is 11.5 Å². The lowest BCUT2D eigenvalue weighted by Gasteiger charge is -2.26. The van der Waals surface area contributed by atoms with Gasteiger partial charge in [-0.15, -0.1) is 0 Å². The predicted molar refractivity (Wildman–Crippen MR) is 86.8 cm³/mol. The number of unbranched alkanes of at least 4 members (excludes halogenated alkanes) is 1. The van der Waals surface area contributed by atoms with Crippen LogP contribution in [0.5, 0.6) is 0 Å². The van der Waals surface area contributed by atoms with Crippen LogP contribution in [-0.4, -0.2) is 24.3 Å². The summed E-state index contributed by atoms with van der Waals surface area (Å²) in [5, 5.41) is 0. The van der Waals surface area contributed by atoms with Crippen molar-refractivity contribution >= 4 is 17.7 Å². The van der Waals surface area contributed by atoms with Crippen LogP contribution in [-0.2, 0) is 19.9 Å². The quantitative estimate of drug-likeness (QED) is 0.449. The third kappa shape index (κ3) is 4.16. The highest BCUT2D eigenvalue weighted by atomic mass is 16.5. The van der Waals surface area contributed by atoms with Crippen molar-refractivity contribution in [3.63, 3.8) is 0 Å². The zero-order valence-corrected chi connectivity index (χ0v) is 14.1. The second-order valence-corrected chi connectivity index (χ2v) is 5.87. The number of ether oxygens (including phenoxy) is 1. The van der Waals surface area contributed by atoms with Crippen molar-refractivity contribution in [1.29, 1.82) is 0 Å². The summed E-state index contributed by atoms with van der Waals surface area (Å²) in [6, 6.07) is 3.12. The number of carbonyl (C=O) groups excluding carboxylic acids is 3. The molecule has 4 N–H and O–H groups in total. The lowest BCUT2D eigenvalue weighted by molar-refractivity contribution is -0.156. The number of benzene rings is 1. The number of hydrogen-bond donors (Lipinski definition) is 2. The number of rotatable bonds is 7. The number of amides is 1. The third-order valence-corrected chi connectivity index (χ3v) is 3.72. The van der Waals surface area contributed by atoms with Gasteiger partial charge >= 0.3 is 5.97 Å². The van der Waals surface area contributed by atoms with Gasteiger partial charge in [0, 0.05) is 5.56 Å². The number of primary amides is 1. The van der Waals surface area contributed by atoms with Gasteiger partial charge in [0.1, 0.15) is 5.54 Å². The smallest absolute Gasteiger partial charge is 0.376 e. The molecule has 126 valence electrons. The van der Waals surface area contributed by atoms with Crippen LogP contribution in [0.2, 0.25) is 0 Å². The molecule has 0 aliphatic carbocycles. The van der Waals surface area contributed by atoms with Gasteiger partial charge < -0.3 is 16.2 Å². The van der Waals surface area contributed by atoms with Gasteiger partial charge in [-0.2, -0.15) is 0 Å². The summed E-state index contributed by atoms with van der Waals surface area (Å²) in [4.78, 5) is 35.6. The Kier molecular flexibility index (Phi) is 6.04. The molecule has 0 bridgehead atoms. The van der Waals surface area contributed by atoms with Gasteiger partial charge in [0.15, 0.2) is 0 Å². The molecule has 0 aliphatic heterocycles. The Labute approximate surface area is 136 Å². The Balaban J connectivity index is 3.15. The molecule has 1 aromatic rings. The number of carbonyl (C=O) groups is 3. The minimum Gasteiger partial charge on any atom is -0.460 e. The van der Waals surface area contributed by atoms with E-state index in [1.807, 2.05) is 6.92 Å². The largest absolute Gasteiger partial charge is 0.460 e. The lowest BCUT2D eigenvalue weighted by Crippen LogP contribution is -2.47. The molecule has 6 heteroatoms. The summed E-state index contributed by atoms with van der Waals surface area (Å²) in [5.74, 6) is -2.32. The number of ketones is 1. The molecule has 6 nitrogen and oxygen atoms in total. The van der Waals surface area contributed by atoms with Gasteiger partial charge in [-0.05, 0) is 56.0 Å². The van der Waals surface area contributed by atoms with E-state index in [9.17, 15) is 14.4 Å². The topological polar surface area (TPSA) is 112 Å². The Morgan fingerprint density at radius 1 is 1.17 bits per heavy atom. The molecular formula is C17H24N2O4. The van der Waals surface area contributed by atoms with Gasteiger partial charge in [0.05, 0.1) is 6.61 Å². The van der Waals surface area contributed by atoms with E-state index in [0.717, 1.165) is 6.42 Å². The number of hydrogen-bond acceptors (Lipinski definition) is 5. The summed E-state index contributed by atoms with van der Waals surface area (Å²) >= 11 is 0. The molecular weight excluding hydrogens is 296 g/mol. The summed E-state index contributed by atoms with van der Waals surface area (Å²) in [5.41, 5.74) is 12.0. The van der Waals surface area contributed by atoms with Gasteiger partial charge in [-0.1, -0.05) is 13.3 Å². The van der Waals surface area contributed by atoms with Gasteiger partial charge in [0.2, 0.25) is 5.91 Å². The lowest BCUT2D eigenvalue weighted by atomic mass is 9.82. The number of aryl methyl sites for hydroxylation is 2. The van der Waals surface area contributed by atoms with Crippen molar-refractivity contribution in [1.82, 2.24) is 0 Å². The molecule has 23 heavy (non-hydrogen) atoms. The third-order valence-electron chi connectivity index (χ3n) is 3.72. The maximum absolute atomic E-state index is 12.4. The van der Waals surface area contributed by atoms with Gasteiger partial charge in [0.25, 0.3) is 5.78 Å². The molecule has 1 unspecified atom stereocenters. The number of nitrogens with two attached hydrogens (primary N) is 2. The van der Waals surface area contributed by atoms with E-state index in [0.29, 0.717) is 28.7 Å². The Bertz CT molecular complexity index is 612. The van der Waals surface area contributed by atoms with Gasteiger partial charge in [-0.3, -0.25) is 9.59 Å².